The summed E-state index contributed by atoms with van der Waals surface area (Å²) in [4.78, 5) is 4.06. The summed E-state index contributed by atoms with van der Waals surface area (Å²) in [6, 6.07) is 8.86. The molecule has 5 heteroatoms. The van der Waals surface area contributed by atoms with Gasteiger partial charge in [0.25, 0.3) is 0 Å². The van der Waals surface area contributed by atoms with Gasteiger partial charge in [0.15, 0.2) is 17.2 Å². The topological polar surface area (TPSA) is 93.3 Å². The van der Waals surface area contributed by atoms with Gasteiger partial charge >= 0.3 is 0 Å². The van der Waals surface area contributed by atoms with E-state index in [2.05, 4.69) is 4.99 Å². The molecule has 4 N–H and O–H groups in total. The number of nitrogens with zero attached hydrogens (tertiary/aromatic N) is 1. The first-order valence-corrected chi connectivity index (χ1v) is 5.14. The van der Waals surface area contributed by atoms with E-state index in [1.54, 1.807) is 12.1 Å². The molecule has 2 aromatic carbocycles. The monoisotopic (exact) mass is 245 g/mol. The number of phenolic OH excluding ortho intramolecular Hbond substituents is 4. The van der Waals surface area contributed by atoms with Gasteiger partial charge in [0, 0.05) is 17.8 Å². The van der Waals surface area contributed by atoms with Crippen molar-refractivity contribution in [3.63, 3.8) is 0 Å². The molecule has 5 nitrogen and oxygen atoms in total. The van der Waals surface area contributed by atoms with Crippen LogP contribution >= 0.6 is 0 Å². The third-order valence-electron chi connectivity index (χ3n) is 2.28. The van der Waals surface area contributed by atoms with Crippen LogP contribution in [0.3, 0.4) is 0 Å². The molecule has 0 heterocycles. The second kappa shape index (κ2) is 4.67. The van der Waals surface area contributed by atoms with Crippen molar-refractivity contribution in [2.24, 2.45) is 4.99 Å². The summed E-state index contributed by atoms with van der Waals surface area (Å²) in [5, 5.41) is 37.0. The maximum atomic E-state index is 9.31. The lowest BCUT2D eigenvalue weighted by atomic mass is 10.2. The van der Waals surface area contributed by atoms with Gasteiger partial charge in [-0.15, -0.1) is 0 Å². The first kappa shape index (κ1) is 11.8. The molecule has 0 atom stereocenters. The lowest BCUT2D eigenvalue weighted by Crippen LogP contribution is -1.81. The van der Waals surface area contributed by atoms with Crippen molar-refractivity contribution in [1.29, 1.82) is 0 Å². The molecule has 0 aromatic heterocycles. The van der Waals surface area contributed by atoms with E-state index in [1.165, 1.54) is 30.5 Å². The average Bonchev–Trinajstić information content (AvgIpc) is 2.33. The molecule has 2 aromatic rings. The Morgan fingerprint density at radius 3 is 2.17 bits per heavy atom. The molecule has 92 valence electrons. The zero-order valence-corrected chi connectivity index (χ0v) is 9.28. The quantitative estimate of drug-likeness (QED) is 0.482. The standard InChI is InChI=1S/C13H11NO4/c15-10-3-1-2-9(6-10)14-7-8-4-11(16)13(18)12(17)5-8/h1-7,15-18H. The Bertz CT molecular complexity index is 585. The molecule has 0 saturated heterocycles. The van der Waals surface area contributed by atoms with E-state index in [1.807, 2.05) is 0 Å². The Balaban J connectivity index is 2.29. The molecule has 0 fully saturated rings. The zero-order chi connectivity index (χ0) is 13.1. The number of phenols is 4. The highest BCUT2D eigenvalue weighted by molar-refractivity contribution is 5.84. The van der Waals surface area contributed by atoms with Crippen molar-refractivity contribution in [3.8, 4) is 23.0 Å². The Morgan fingerprint density at radius 2 is 1.56 bits per heavy atom. The van der Waals surface area contributed by atoms with Crippen LogP contribution in [-0.4, -0.2) is 26.6 Å². The van der Waals surface area contributed by atoms with E-state index in [-0.39, 0.29) is 5.75 Å². The lowest BCUT2D eigenvalue weighted by Gasteiger charge is -2.02. The van der Waals surface area contributed by atoms with Crippen LogP contribution in [-0.2, 0) is 0 Å². The third-order valence-corrected chi connectivity index (χ3v) is 2.28. The molecule has 0 saturated carbocycles. The molecule has 0 bridgehead atoms. The van der Waals surface area contributed by atoms with Crippen LogP contribution < -0.4 is 0 Å². The highest BCUT2D eigenvalue weighted by Gasteiger charge is 2.06. The first-order chi connectivity index (χ1) is 8.56. The van der Waals surface area contributed by atoms with Gasteiger partial charge in [-0.25, -0.2) is 0 Å². The maximum Gasteiger partial charge on any atom is 0.200 e. The van der Waals surface area contributed by atoms with Crippen LogP contribution in [0.25, 0.3) is 0 Å². The van der Waals surface area contributed by atoms with E-state index in [0.717, 1.165) is 0 Å². The Kier molecular flexibility index (Phi) is 3.05. The van der Waals surface area contributed by atoms with Crippen LogP contribution in [0.2, 0.25) is 0 Å². The van der Waals surface area contributed by atoms with Gasteiger partial charge in [-0.2, -0.15) is 0 Å². The number of hydrogen-bond donors (Lipinski definition) is 4. The van der Waals surface area contributed by atoms with Crippen LogP contribution in [0.15, 0.2) is 41.4 Å². The summed E-state index contributed by atoms with van der Waals surface area (Å²) in [6.07, 6.45) is 1.40. The minimum absolute atomic E-state index is 0.0982. The van der Waals surface area contributed by atoms with Crippen LogP contribution in [0.5, 0.6) is 23.0 Å². The highest BCUT2D eigenvalue weighted by Crippen LogP contribution is 2.34. The van der Waals surface area contributed by atoms with Gasteiger partial charge < -0.3 is 20.4 Å². The van der Waals surface area contributed by atoms with Gasteiger partial charge in [0.2, 0.25) is 0 Å². The average molecular weight is 245 g/mol. The zero-order valence-electron chi connectivity index (χ0n) is 9.28. The fourth-order valence-electron chi connectivity index (χ4n) is 1.42. The summed E-state index contributed by atoms with van der Waals surface area (Å²) in [5.41, 5.74) is 0.952. The summed E-state index contributed by atoms with van der Waals surface area (Å²) < 4.78 is 0. The van der Waals surface area contributed by atoms with E-state index in [4.69, 9.17) is 0 Å². The van der Waals surface area contributed by atoms with E-state index in [0.29, 0.717) is 11.3 Å². The highest BCUT2D eigenvalue weighted by atomic mass is 16.3. The minimum atomic E-state index is -0.565. The van der Waals surface area contributed by atoms with Crippen LogP contribution in [0.4, 0.5) is 5.69 Å². The van der Waals surface area contributed by atoms with E-state index in [9.17, 15) is 20.4 Å². The van der Waals surface area contributed by atoms with Gasteiger partial charge in [-0.05, 0) is 24.3 Å². The molecule has 0 aliphatic carbocycles. The second-order valence-corrected chi connectivity index (χ2v) is 3.69. The Morgan fingerprint density at radius 1 is 0.889 bits per heavy atom. The summed E-state index contributed by atoms with van der Waals surface area (Å²) in [5.74, 6) is -1.31. The predicted molar refractivity (Wildman–Crippen MR) is 66.8 cm³/mol. The molecule has 0 aliphatic heterocycles. The third kappa shape index (κ3) is 2.52. The predicted octanol–water partition coefficient (Wildman–Crippen LogP) is 2.26. The number of benzene rings is 2. The lowest BCUT2D eigenvalue weighted by molar-refractivity contribution is 0.368. The number of aliphatic imine (C=N–C) groups is 1. The Hall–Kier alpha value is -2.69. The summed E-state index contributed by atoms with van der Waals surface area (Å²) in [7, 11) is 0. The minimum Gasteiger partial charge on any atom is -0.508 e. The maximum absolute atomic E-state index is 9.31. The second-order valence-electron chi connectivity index (χ2n) is 3.69. The molecule has 2 rings (SSSR count). The smallest absolute Gasteiger partial charge is 0.200 e. The van der Waals surface area contributed by atoms with E-state index < -0.39 is 17.2 Å². The van der Waals surface area contributed by atoms with Crippen molar-refractivity contribution in [3.05, 3.63) is 42.0 Å². The van der Waals surface area contributed by atoms with E-state index >= 15 is 0 Å². The molecular formula is C13H11NO4. The molecule has 0 unspecified atom stereocenters. The summed E-state index contributed by atoms with van der Waals surface area (Å²) >= 11 is 0. The van der Waals surface area contributed by atoms with Crippen molar-refractivity contribution >= 4 is 11.9 Å². The molecular weight excluding hydrogens is 234 g/mol. The van der Waals surface area contributed by atoms with Crippen molar-refractivity contribution in [2.75, 3.05) is 0 Å². The van der Waals surface area contributed by atoms with Crippen molar-refractivity contribution in [1.82, 2.24) is 0 Å². The molecule has 0 amide bonds. The van der Waals surface area contributed by atoms with Gasteiger partial charge in [-0.3, -0.25) is 4.99 Å². The summed E-state index contributed by atoms with van der Waals surface area (Å²) in [6.45, 7) is 0. The van der Waals surface area contributed by atoms with Gasteiger partial charge in [0.05, 0.1) is 5.69 Å². The number of aromatic hydroxyl groups is 4. The van der Waals surface area contributed by atoms with Crippen molar-refractivity contribution < 1.29 is 20.4 Å². The fourth-order valence-corrected chi connectivity index (χ4v) is 1.42. The fraction of sp³-hybridized carbons (Fsp3) is 0. The molecule has 0 aliphatic rings. The Labute approximate surface area is 103 Å². The van der Waals surface area contributed by atoms with Crippen LogP contribution in [0, 0.1) is 0 Å². The number of hydrogen-bond acceptors (Lipinski definition) is 5. The SMILES string of the molecule is Oc1cccc(N=Cc2cc(O)c(O)c(O)c2)c1. The van der Waals surface area contributed by atoms with Gasteiger partial charge in [0.1, 0.15) is 5.75 Å². The normalized spacial score (nSPS) is 10.9. The largest absolute Gasteiger partial charge is 0.508 e. The molecule has 18 heavy (non-hydrogen) atoms. The molecule has 0 radical (unpaired) electrons. The van der Waals surface area contributed by atoms with Crippen LogP contribution in [0.1, 0.15) is 5.56 Å². The number of rotatable bonds is 2. The van der Waals surface area contributed by atoms with Crippen molar-refractivity contribution in [2.45, 2.75) is 0 Å². The first-order valence-electron chi connectivity index (χ1n) is 5.14. The van der Waals surface area contributed by atoms with Gasteiger partial charge in [-0.1, -0.05) is 6.07 Å². The molecule has 0 spiro atoms.